The predicted molar refractivity (Wildman–Crippen MR) is 79.5 cm³/mol. The quantitative estimate of drug-likeness (QED) is 0.774. The summed E-state index contributed by atoms with van der Waals surface area (Å²) >= 11 is 0. The zero-order valence-corrected chi connectivity index (χ0v) is 12.8. The van der Waals surface area contributed by atoms with Gasteiger partial charge < -0.3 is 15.2 Å². The van der Waals surface area contributed by atoms with Crippen LogP contribution in [0, 0.1) is 17.7 Å². The average Bonchev–Trinajstić information content (AvgIpc) is 2.44. The number of hydrogen-bond acceptors (Lipinski definition) is 3. The Morgan fingerprint density at radius 1 is 1.29 bits per heavy atom. The van der Waals surface area contributed by atoms with Crippen molar-refractivity contribution < 1.29 is 19.0 Å². The zero-order valence-electron chi connectivity index (χ0n) is 12.8. The molecule has 0 aliphatic carbocycles. The lowest BCUT2D eigenvalue weighted by Gasteiger charge is -2.16. The lowest BCUT2D eigenvalue weighted by Crippen LogP contribution is -2.36. The number of benzene rings is 1. The van der Waals surface area contributed by atoms with Gasteiger partial charge in [-0.1, -0.05) is 20.8 Å². The highest BCUT2D eigenvalue weighted by molar-refractivity contribution is 5.76. The number of hydrogen-bond donors (Lipinski definition) is 2. The van der Waals surface area contributed by atoms with E-state index in [1.807, 2.05) is 6.92 Å². The number of nitrogens with one attached hydrogen (secondary N) is 1. The number of ether oxygens (including phenoxy) is 1. The van der Waals surface area contributed by atoms with Crippen LogP contribution in [0.5, 0.6) is 5.75 Å². The van der Waals surface area contributed by atoms with E-state index in [-0.39, 0.29) is 24.9 Å². The van der Waals surface area contributed by atoms with E-state index in [0.717, 1.165) is 0 Å². The Bertz CT molecular complexity index is 434. The van der Waals surface area contributed by atoms with Gasteiger partial charge in [0.05, 0.1) is 0 Å². The Hall–Kier alpha value is -1.62. The molecule has 1 aromatic carbocycles. The minimum Gasteiger partial charge on any atom is -0.491 e. The molecule has 2 N–H and O–H groups in total. The minimum atomic E-state index is -0.798. The molecule has 0 spiro atoms. The molecule has 0 aliphatic rings. The molecule has 0 aromatic heterocycles. The van der Waals surface area contributed by atoms with Gasteiger partial charge in [-0.05, 0) is 36.1 Å². The number of carbonyl (C=O) groups excluding carboxylic acids is 1. The summed E-state index contributed by atoms with van der Waals surface area (Å²) in [4.78, 5) is 11.7. The first kappa shape index (κ1) is 17.4. The second kappa shape index (κ2) is 8.62. The number of halogens is 1. The Morgan fingerprint density at radius 3 is 2.48 bits per heavy atom. The molecule has 0 aliphatic heterocycles. The van der Waals surface area contributed by atoms with E-state index in [1.165, 1.54) is 24.3 Å². The van der Waals surface area contributed by atoms with E-state index in [4.69, 9.17) is 4.74 Å². The summed E-state index contributed by atoms with van der Waals surface area (Å²) in [6.07, 6.45) is -0.350. The lowest BCUT2D eigenvalue weighted by molar-refractivity contribution is -0.122. The van der Waals surface area contributed by atoms with E-state index >= 15 is 0 Å². The van der Waals surface area contributed by atoms with Crippen LogP contribution in [0.25, 0.3) is 0 Å². The fourth-order valence-corrected chi connectivity index (χ4v) is 1.61. The van der Waals surface area contributed by atoms with Crippen LogP contribution in [0.3, 0.4) is 0 Å². The van der Waals surface area contributed by atoms with Crippen LogP contribution in [0.1, 0.15) is 27.2 Å². The number of aliphatic hydroxyl groups excluding tert-OH is 1. The molecule has 2 atom stereocenters. The first-order chi connectivity index (χ1) is 9.88. The summed E-state index contributed by atoms with van der Waals surface area (Å²) in [5.74, 6) is 0.821. The highest BCUT2D eigenvalue weighted by Gasteiger charge is 2.13. The molecule has 118 valence electrons. The fraction of sp³-hybridized carbons (Fsp3) is 0.562. The van der Waals surface area contributed by atoms with Crippen LogP contribution in [0.15, 0.2) is 24.3 Å². The van der Waals surface area contributed by atoms with E-state index in [2.05, 4.69) is 19.2 Å². The summed E-state index contributed by atoms with van der Waals surface area (Å²) in [6, 6.07) is 5.56. The Labute approximate surface area is 125 Å². The van der Waals surface area contributed by atoms with Crippen molar-refractivity contribution in [2.24, 2.45) is 11.8 Å². The standard InChI is InChI=1S/C16H24FNO3/c1-11(2)12(3)8-16(20)18-9-14(19)10-21-15-6-4-13(17)5-7-15/h4-7,11-12,14,19H,8-10H2,1-3H3,(H,18,20). The first-order valence-electron chi connectivity index (χ1n) is 7.21. The summed E-state index contributed by atoms with van der Waals surface area (Å²) in [5.41, 5.74) is 0. The molecule has 0 saturated carbocycles. The smallest absolute Gasteiger partial charge is 0.220 e. The van der Waals surface area contributed by atoms with E-state index < -0.39 is 6.10 Å². The zero-order chi connectivity index (χ0) is 15.8. The van der Waals surface area contributed by atoms with Crippen LogP contribution >= 0.6 is 0 Å². The van der Waals surface area contributed by atoms with E-state index in [9.17, 15) is 14.3 Å². The number of aliphatic hydroxyl groups is 1. The van der Waals surface area contributed by atoms with Crippen molar-refractivity contribution in [2.45, 2.75) is 33.3 Å². The summed E-state index contributed by atoms with van der Waals surface area (Å²) in [6.45, 7) is 6.36. The third-order valence-corrected chi connectivity index (χ3v) is 3.44. The first-order valence-corrected chi connectivity index (χ1v) is 7.21. The van der Waals surface area contributed by atoms with Gasteiger partial charge in [0.15, 0.2) is 0 Å². The maximum atomic E-state index is 12.7. The van der Waals surface area contributed by atoms with Crippen molar-refractivity contribution in [3.63, 3.8) is 0 Å². The average molecular weight is 297 g/mol. The van der Waals surface area contributed by atoms with Gasteiger partial charge in [0, 0.05) is 13.0 Å². The van der Waals surface area contributed by atoms with Gasteiger partial charge >= 0.3 is 0 Å². The predicted octanol–water partition coefficient (Wildman–Crippen LogP) is 2.36. The Kier molecular flexibility index (Phi) is 7.15. The van der Waals surface area contributed by atoms with Crippen molar-refractivity contribution in [1.82, 2.24) is 5.32 Å². The minimum absolute atomic E-state index is 0.0473. The van der Waals surface area contributed by atoms with E-state index in [0.29, 0.717) is 24.0 Å². The molecule has 21 heavy (non-hydrogen) atoms. The third-order valence-electron chi connectivity index (χ3n) is 3.44. The Balaban J connectivity index is 2.23. The third kappa shape index (κ3) is 7.09. The lowest BCUT2D eigenvalue weighted by atomic mass is 9.94. The molecular weight excluding hydrogens is 273 g/mol. The van der Waals surface area contributed by atoms with Crippen LogP contribution in [0.4, 0.5) is 4.39 Å². The molecule has 0 radical (unpaired) electrons. The topological polar surface area (TPSA) is 58.6 Å². The molecule has 0 fully saturated rings. The highest BCUT2D eigenvalue weighted by atomic mass is 19.1. The van der Waals surface area contributed by atoms with Gasteiger partial charge in [-0.15, -0.1) is 0 Å². The van der Waals surface area contributed by atoms with Gasteiger partial charge in [0.1, 0.15) is 24.3 Å². The monoisotopic (exact) mass is 297 g/mol. The van der Waals surface area contributed by atoms with Crippen LogP contribution in [0.2, 0.25) is 0 Å². The largest absolute Gasteiger partial charge is 0.491 e. The molecule has 4 nitrogen and oxygen atoms in total. The van der Waals surface area contributed by atoms with Crippen molar-refractivity contribution in [3.05, 3.63) is 30.1 Å². The Morgan fingerprint density at radius 2 is 1.90 bits per heavy atom. The van der Waals surface area contributed by atoms with Crippen LogP contribution in [-0.4, -0.2) is 30.3 Å². The second-order valence-corrected chi connectivity index (χ2v) is 5.65. The van der Waals surface area contributed by atoms with Crippen molar-refractivity contribution in [2.75, 3.05) is 13.2 Å². The van der Waals surface area contributed by atoms with E-state index in [1.54, 1.807) is 0 Å². The maximum absolute atomic E-state index is 12.7. The van der Waals surface area contributed by atoms with Crippen molar-refractivity contribution in [1.29, 1.82) is 0 Å². The molecule has 0 heterocycles. The summed E-state index contributed by atoms with van der Waals surface area (Å²) < 4.78 is 18.0. The van der Waals surface area contributed by atoms with Gasteiger partial charge in [-0.3, -0.25) is 4.79 Å². The molecule has 1 rings (SSSR count). The van der Waals surface area contributed by atoms with Gasteiger partial charge in [0.25, 0.3) is 0 Å². The van der Waals surface area contributed by atoms with Crippen molar-refractivity contribution in [3.8, 4) is 5.75 Å². The second-order valence-electron chi connectivity index (χ2n) is 5.65. The van der Waals surface area contributed by atoms with Gasteiger partial charge in [0.2, 0.25) is 5.91 Å². The number of carbonyl (C=O) groups is 1. The van der Waals surface area contributed by atoms with Gasteiger partial charge in [-0.2, -0.15) is 0 Å². The molecule has 5 heteroatoms. The highest BCUT2D eigenvalue weighted by Crippen LogP contribution is 2.13. The molecule has 2 unspecified atom stereocenters. The molecule has 1 aromatic rings. The molecule has 0 saturated heterocycles. The summed E-state index contributed by atoms with van der Waals surface area (Å²) in [7, 11) is 0. The SMILES string of the molecule is CC(C)C(C)CC(=O)NCC(O)COc1ccc(F)cc1. The fourth-order valence-electron chi connectivity index (χ4n) is 1.61. The summed E-state index contributed by atoms with van der Waals surface area (Å²) in [5, 5.41) is 12.4. The van der Waals surface area contributed by atoms with Gasteiger partial charge in [-0.25, -0.2) is 4.39 Å². The normalized spacial score (nSPS) is 13.8. The van der Waals surface area contributed by atoms with Crippen molar-refractivity contribution >= 4 is 5.91 Å². The van der Waals surface area contributed by atoms with Crippen LogP contribution in [-0.2, 0) is 4.79 Å². The molecule has 1 amide bonds. The molecular formula is C16H24FNO3. The molecule has 0 bridgehead atoms. The maximum Gasteiger partial charge on any atom is 0.220 e. The number of amides is 1. The number of rotatable bonds is 8. The van der Waals surface area contributed by atoms with Crippen LogP contribution < -0.4 is 10.1 Å².